The third kappa shape index (κ3) is 5.14. The van der Waals surface area contributed by atoms with Crippen LogP contribution in [0.15, 0.2) is 85.5 Å². The van der Waals surface area contributed by atoms with E-state index >= 15 is 0 Å². The van der Waals surface area contributed by atoms with Crippen LogP contribution in [0.25, 0.3) is 33.5 Å². The minimum atomic E-state index is -1.05. The highest BCUT2D eigenvalue weighted by atomic mass is 79.9. The highest BCUT2D eigenvalue weighted by Gasteiger charge is 2.22. The Balaban J connectivity index is 1.60. The Labute approximate surface area is 228 Å². The predicted molar refractivity (Wildman–Crippen MR) is 147 cm³/mol. The van der Waals surface area contributed by atoms with Crippen molar-refractivity contribution in [1.82, 2.24) is 9.66 Å². The number of nitrogens with zero attached hydrogens (tertiary/aromatic N) is 4. The maximum Gasteiger partial charge on any atom is 0.346 e. The fourth-order valence-electron chi connectivity index (χ4n) is 3.90. The van der Waals surface area contributed by atoms with Crippen LogP contribution in [-0.4, -0.2) is 40.0 Å². The molecule has 0 saturated heterocycles. The van der Waals surface area contributed by atoms with Crippen LogP contribution in [0.3, 0.4) is 0 Å². The molecule has 0 spiro atoms. The number of fused-ring (bicyclic) bond motifs is 2. The van der Waals surface area contributed by atoms with E-state index in [0.717, 1.165) is 14.5 Å². The average Bonchev–Trinajstić information content (AvgIpc) is 3.35. The molecule has 2 aromatic heterocycles. The van der Waals surface area contributed by atoms with Gasteiger partial charge in [0.15, 0.2) is 17.6 Å². The summed E-state index contributed by atoms with van der Waals surface area (Å²) in [6.07, 6.45) is 0.239. The van der Waals surface area contributed by atoms with Crippen molar-refractivity contribution in [2.45, 2.75) is 13.0 Å². The van der Waals surface area contributed by atoms with E-state index in [4.69, 9.17) is 9.15 Å². The number of para-hydroxylation sites is 1. The number of benzene rings is 3. The fraction of sp³-hybridized carbons (Fsp3) is 0.111. The lowest BCUT2D eigenvalue weighted by Crippen LogP contribution is -2.25. The number of ether oxygens (including phenoxy) is 2. The van der Waals surface area contributed by atoms with Crippen molar-refractivity contribution >= 4 is 55.7 Å². The van der Waals surface area contributed by atoms with Crippen LogP contribution in [-0.2, 0) is 9.53 Å². The summed E-state index contributed by atoms with van der Waals surface area (Å²) in [6, 6.07) is 18.2. The maximum atomic E-state index is 13.4. The second-order valence-electron chi connectivity index (χ2n) is 8.37. The van der Waals surface area contributed by atoms with Crippen molar-refractivity contribution in [3.63, 3.8) is 0 Å². The highest BCUT2D eigenvalue weighted by molar-refractivity contribution is 9.10. The Morgan fingerprint density at radius 2 is 1.97 bits per heavy atom. The molecular weight excluding hydrogens is 572 g/mol. The van der Waals surface area contributed by atoms with Gasteiger partial charge in [0.25, 0.3) is 5.56 Å². The van der Waals surface area contributed by atoms with Crippen LogP contribution in [0.5, 0.6) is 5.75 Å². The molecule has 0 aliphatic carbocycles. The molecule has 5 aromatic rings. The maximum absolute atomic E-state index is 13.4. The third-order valence-corrected chi connectivity index (χ3v) is 6.28. The molecule has 2 heterocycles. The van der Waals surface area contributed by atoms with Crippen molar-refractivity contribution in [2.75, 3.05) is 7.11 Å². The zero-order valence-corrected chi connectivity index (χ0v) is 22.1. The van der Waals surface area contributed by atoms with E-state index in [9.17, 15) is 19.7 Å². The van der Waals surface area contributed by atoms with Crippen LogP contribution in [0.1, 0.15) is 12.5 Å². The summed E-state index contributed by atoms with van der Waals surface area (Å²) < 4.78 is 17.9. The van der Waals surface area contributed by atoms with Gasteiger partial charge >= 0.3 is 11.7 Å². The van der Waals surface area contributed by atoms with Crippen LogP contribution >= 0.6 is 15.9 Å². The standard InChI is InChI=1S/C27H19BrN4O7/c1-15(27(34)37-2)38-23-9-7-16(11-21(23)32(35)36)14-29-31-25(30-20-6-4-3-5-19(20)26(31)33)24-13-17-12-18(28)8-10-22(17)39-24/h3-15H,1-2H3/t15-/m1/s1. The van der Waals surface area contributed by atoms with Gasteiger partial charge in [-0.3, -0.25) is 14.9 Å². The topological polar surface area (TPSA) is 139 Å². The summed E-state index contributed by atoms with van der Waals surface area (Å²) in [7, 11) is 1.19. The molecule has 0 aliphatic heterocycles. The van der Waals surface area contributed by atoms with Gasteiger partial charge in [-0.15, -0.1) is 0 Å². The summed E-state index contributed by atoms with van der Waals surface area (Å²) in [5.74, 6) is -0.324. The molecule has 11 nitrogen and oxygen atoms in total. The second kappa shape index (κ2) is 10.5. The van der Waals surface area contributed by atoms with E-state index in [2.05, 4.69) is 30.8 Å². The molecule has 5 rings (SSSR count). The Morgan fingerprint density at radius 3 is 2.74 bits per heavy atom. The van der Waals surface area contributed by atoms with Crippen LogP contribution in [0, 0.1) is 10.1 Å². The van der Waals surface area contributed by atoms with E-state index in [1.807, 2.05) is 12.1 Å². The Hall–Kier alpha value is -4.84. The van der Waals surface area contributed by atoms with E-state index in [0.29, 0.717) is 27.8 Å². The van der Waals surface area contributed by atoms with Crippen molar-refractivity contribution < 1.29 is 23.6 Å². The molecular formula is C27H19BrN4O7. The summed E-state index contributed by atoms with van der Waals surface area (Å²) in [5.41, 5.74) is 0.525. The normalized spacial score (nSPS) is 12.2. The largest absolute Gasteiger partial charge is 0.472 e. The zero-order chi connectivity index (χ0) is 27.7. The van der Waals surface area contributed by atoms with E-state index in [1.54, 1.807) is 36.4 Å². The molecule has 12 heteroatoms. The molecule has 0 saturated carbocycles. The second-order valence-corrected chi connectivity index (χ2v) is 9.29. The number of furan rings is 1. The number of carbonyl (C=O) groups excluding carboxylic acids is 1. The molecule has 0 fully saturated rings. The number of aromatic nitrogens is 2. The molecule has 0 N–H and O–H groups in total. The first kappa shape index (κ1) is 25.8. The number of esters is 1. The van der Waals surface area contributed by atoms with Crippen molar-refractivity contribution in [3.05, 3.63) is 97.2 Å². The smallest absolute Gasteiger partial charge is 0.346 e. The van der Waals surface area contributed by atoms with Gasteiger partial charge in [0.2, 0.25) is 5.82 Å². The summed E-state index contributed by atoms with van der Waals surface area (Å²) in [6.45, 7) is 1.42. The van der Waals surface area contributed by atoms with E-state index in [1.165, 1.54) is 38.4 Å². The third-order valence-electron chi connectivity index (χ3n) is 5.79. The predicted octanol–water partition coefficient (Wildman–Crippen LogP) is 5.30. The number of rotatable bonds is 7. The summed E-state index contributed by atoms with van der Waals surface area (Å²) in [4.78, 5) is 40.8. The Morgan fingerprint density at radius 1 is 1.18 bits per heavy atom. The van der Waals surface area contributed by atoms with Gasteiger partial charge in [-0.2, -0.15) is 9.78 Å². The minimum absolute atomic E-state index is 0.117. The molecule has 0 radical (unpaired) electrons. The molecule has 196 valence electrons. The molecule has 0 aliphatic rings. The number of hydrogen-bond acceptors (Lipinski definition) is 9. The van der Waals surface area contributed by atoms with Crippen molar-refractivity contribution in [2.24, 2.45) is 5.10 Å². The lowest BCUT2D eigenvalue weighted by molar-refractivity contribution is -0.386. The minimum Gasteiger partial charge on any atom is -0.472 e. The molecule has 1 atom stereocenters. The van der Waals surface area contributed by atoms with Crippen LogP contribution in [0.4, 0.5) is 5.69 Å². The van der Waals surface area contributed by atoms with Gasteiger partial charge in [-0.1, -0.05) is 28.1 Å². The lowest BCUT2D eigenvalue weighted by atomic mass is 10.2. The lowest BCUT2D eigenvalue weighted by Gasteiger charge is -2.12. The van der Waals surface area contributed by atoms with E-state index < -0.39 is 22.6 Å². The number of halogens is 1. The number of carbonyl (C=O) groups is 1. The molecule has 0 unspecified atom stereocenters. The zero-order valence-electron chi connectivity index (χ0n) is 20.5. The molecule has 3 aromatic carbocycles. The van der Waals surface area contributed by atoms with Crippen molar-refractivity contribution in [1.29, 1.82) is 0 Å². The molecule has 0 amide bonds. The Kier molecular flexibility index (Phi) is 6.94. The van der Waals surface area contributed by atoms with Crippen LogP contribution < -0.4 is 10.3 Å². The number of nitro benzene ring substituents is 1. The monoisotopic (exact) mass is 590 g/mol. The average molecular weight is 591 g/mol. The van der Waals surface area contributed by atoms with Gasteiger partial charge in [0.05, 0.1) is 29.2 Å². The summed E-state index contributed by atoms with van der Waals surface area (Å²) >= 11 is 3.44. The van der Waals surface area contributed by atoms with Gasteiger partial charge in [-0.05, 0) is 55.5 Å². The molecule has 39 heavy (non-hydrogen) atoms. The molecule has 0 bridgehead atoms. The van der Waals surface area contributed by atoms with Crippen molar-refractivity contribution in [3.8, 4) is 17.3 Å². The SMILES string of the molecule is COC(=O)[C@@H](C)Oc1ccc(C=Nn2c(-c3cc4cc(Br)ccc4o3)nc3ccccc3c2=O)cc1[N+](=O)[O-]. The number of nitro groups is 1. The first-order valence-electron chi connectivity index (χ1n) is 11.5. The van der Waals surface area contributed by atoms with Gasteiger partial charge in [0.1, 0.15) is 5.58 Å². The fourth-order valence-corrected chi connectivity index (χ4v) is 4.28. The van der Waals surface area contributed by atoms with Crippen LogP contribution in [0.2, 0.25) is 0 Å². The summed E-state index contributed by atoms with van der Waals surface area (Å²) in [5, 5.41) is 17.2. The number of methoxy groups -OCH3 is 1. The van der Waals surface area contributed by atoms with Gasteiger partial charge in [-0.25, -0.2) is 9.78 Å². The quantitative estimate of drug-likeness (QED) is 0.108. The van der Waals surface area contributed by atoms with Gasteiger partial charge < -0.3 is 13.9 Å². The first-order chi connectivity index (χ1) is 18.7. The highest BCUT2D eigenvalue weighted by Crippen LogP contribution is 2.30. The van der Waals surface area contributed by atoms with Gasteiger partial charge in [0, 0.05) is 21.5 Å². The Bertz CT molecular complexity index is 1840. The first-order valence-corrected chi connectivity index (χ1v) is 12.3. The number of hydrogen-bond donors (Lipinski definition) is 0. The van der Waals surface area contributed by atoms with E-state index in [-0.39, 0.29) is 17.3 Å².